The van der Waals surface area contributed by atoms with E-state index in [2.05, 4.69) is 14.7 Å². The highest BCUT2D eigenvalue weighted by Crippen LogP contribution is 2.36. The van der Waals surface area contributed by atoms with Crippen LogP contribution in [0.15, 0.2) is 24.5 Å². The molecule has 1 fully saturated rings. The Labute approximate surface area is 128 Å². The van der Waals surface area contributed by atoms with Gasteiger partial charge in [-0.25, -0.2) is 0 Å². The van der Waals surface area contributed by atoms with Gasteiger partial charge in [0.05, 0.1) is 11.7 Å². The van der Waals surface area contributed by atoms with Crippen molar-refractivity contribution < 1.29 is 5.11 Å². The summed E-state index contributed by atoms with van der Waals surface area (Å²) < 4.78 is 4.26. The standard InChI is InChI=1S/C15H20N4OS/c16-14-13(11-2-1-7-17-9-11)15(21-19-14)18-8-10-3-5-12(20)6-4-10/h1-2,7,9-10,12,18,20H,3-6,8H2,(H2,16,19). The number of nitrogen functional groups attached to an aromatic ring is 1. The van der Waals surface area contributed by atoms with Gasteiger partial charge in [0.15, 0.2) is 0 Å². The SMILES string of the molecule is Nc1nsc(NCC2CCC(O)CC2)c1-c1cccnc1. The number of rotatable bonds is 4. The van der Waals surface area contributed by atoms with Crippen LogP contribution in [0.3, 0.4) is 0 Å². The largest absolute Gasteiger partial charge is 0.393 e. The van der Waals surface area contributed by atoms with E-state index in [1.165, 1.54) is 11.5 Å². The lowest BCUT2D eigenvalue weighted by Gasteiger charge is -2.25. The number of nitrogens with two attached hydrogens (primary N) is 1. The lowest BCUT2D eigenvalue weighted by molar-refractivity contribution is 0.111. The molecule has 6 heteroatoms. The molecular formula is C15H20N4OS. The van der Waals surface area contributed by atoms with Gasteiger partial charge in [-0.05, 0) is 49.2 Å². The number of aliphatic hydroxyl groups excluding tert-OH is 1. The fourth-order valence-corrected chi connectivity index (χ4v) is 3.54. The highest BCUT2D eigenvalue weighted by atomic mass is 32.1. The van der Waals surface area contributed by atoms with Gasteiger partial charge < -0.3 is 16.2 Å². The quantitative estimate of drug-likeness (QED) is 0.809. The van der Waals surface area contributed by atoms with Crippen LogP contribution in [-0.4, -0.2) is 27.1 Å². The van der Waals surface area contributed by atoms with Crippen molar-refractivity contribution in [2.75, 3.05) is 17.6 Å². The van der Waals surface area contributed by atoms with Gasteiger partial charge in [0, 0.05) is 24.5 Å². The van der Waals surface area contributed by atoms with Gasteiger partial charge in [-0.15, -0.1) is 0 Å². The lowest BCUT2D eigenvalue weighted by atomic mass is 9.87. The first-order chi connectivity index (χ1) is 10.2. The van der Waals surface area contributed by atoms with Crippen molar-refractivity contribution in [2.45, 2.75) is 31.8 Å². The molecule has 0 saturated heterocycles. The first-order valence-electron chi connectivity index (χ1n) is 7.31. The summed E-state index contributed by atoms with van der Waals surface area (Å²) in [7, 11) is 0. The van der Waals surface area contributed by atoms with Crippen LogP contribution in [0.1, 0.15) is 25.7 Å². The third-order valence-corrected chi connectivity index (χ3v) is 4.86. The predicted octanol–water partition coefficient (Wildman–Crippen LogP) is 2.75. The lowest BCUT2D eigenvalue weighted by Crippen LogP contribution is -2.23. The van der Waals surface area contributed by atoms with Gasteiger partial charge in [-0.1, -0.05) is 6.07 Å². The van der Waals surface area contributed by atoms with Gasteiger partial charge in [-0.2, -0.15) is 4.37 Å². The Balaban J connectivity index is 1.69. The highest BCUT2D eigenvalue weighted by molar-refractivity contribution is 7.11. The van der Waals surface area contributed by atoms with E-state index in [1.807, 2.05) is 18.3 Å². The monoisotopic (exact) mass is 304 g/mol. The third kappa shape index (κ3) is 3.33. The summed E-state index contributed by atoms with van der Waals surface area (Å²) in [5, 5.41) is 14.0. The summed E-state index contributed by atoms with van der Waals surface area (Å²) in [5.41, 5.74) is 7.94. The van der Waals surface area contributed by atoms with E-state index in [4.69, 9.17) is 5.73 Å². The number of hydrogen-bond acceptors (Lipinski definition) is 6. The second kappa shape index (κ2) is 6.41. The Morgan fingerprint density at radius 2 is 2.14 bits per heavy atom. The zero-order valence-electron chi connectivity index (χ0n) is 11.8. The van der Waals surface area contributed by atoms with Crippen LogP contribution in [0, 0.1) is 5.92 Å². The molecule has 2 heterocycles. The van der Waals surface area contributed by atoms with E-state index in [9.17, 15) is 5.11 Å². The Kier molecular flexibility index (Phi) is 4.36. The summed E-state index contributed by atoms with van der Waals surface area (Å²) in [5.74, 6) is 1.16. The minimum atomic E-state index is -0.105. The maximum Gasteiger partial charge on any atom is 0.147 e. The number of nitrogens with zero attached hydrogens (tertiary/aromatic N) is 2. The number of aromatic nitrogens is 2. The van der Waals surface area contributed by atoms with Crippen LogP contribution < -0.4 is 11.1 Å². The molecule has 1 aliphatic carbocycles. The van der Waals surface area contributed by atoms with Gasteiger partial charge in [0.1, 0.15) is 10.8 Å². The fourth-order valence-electron chi connectivity index (χ4n) is 2.80. The predicted molar refractivity (Wildman–Crippen MR) is 86.2 cm³/mol. The topological polar surface area (TPSA) is 84.1 Å². The molecule has 0 bridgehead atoms. The zero-order valence-corrected chi connectivity index (χ0v) is 12.6. The summed E-state index contributed by atoms with van der Waals surface area (Å²) in [6, 6.07) is 3.90. The third-order valence-electron chi connectivity index (χ3n) is 4.04. The average molecular weight is 304 g/mol. The summed E-state index contributed by atoms with van der Waals surface area (Å²) in [4.78, 5) is 4.15. The number of hydrogen-bond donors (Lipinski definition) is 3. The number of nitrogens with one attached hydrogen (secondary N) is 1. The Morgan fingerprint density at radius 1 is 1.33 bits per heavy atom. The minimum Gasteiger partial charge on any atom is -0.393 e. The second-order valence-electron chi connectivity index (χ2n) is 5.57. The minimum absolute atomic E-state index is 0.105. The van der Waals surface area contributed by atoms with E-state index in [1.54, 1.807) is 6.20 Å². The van der Waals surface area contributed by atoms with Crippen LogP contribution >= 0.6 is 11.5 Å². The normalized spacial score (nSPS) is 22.1. The smallest absolute Gasteiger partial charge is 0.147 e. The van der Waals surface area contributed by atoms with Crippen molar-refractivity contribution in [1.29, 1.82) is 0 Å². The molecule has 2 aromatic rings. The first kappa shape index (κ1) is 14.3. The van der Waals surface area contributed by atoms with Crippen LogP contribution in [0.4, 0.5) is 10.8 Å². The van der Waals surface area contributed by atoms with Gasteiger partial charge in [-0.3, -0.25) is 4.98 Å². The fraction of sp³-hybridized carbons (Fsp3) is 0.467. The molecule has 0 radical (unpaired) electrons. The van der Waals surface area contributed by atoms with Crippen LogP contribution in [-0.2, 0) is 0 Å². The summed E-state index contributed by atoms with van der Waals surface area (Å²) in [6.07, 6.45) is 7.42. The van der Waals surface area contributed by atoms with Crippen molar-refractivity contribution in [3.63, 3.8) is 0 Å². The van der Waals surface area contributed by atoms with Gasteiger partial charge in [0.2, 0.25) is 0 Å². The molecule has 112 valence electrons. The molecule has 21 heavy (non-hydrogen) atoms. The number of pyridine rings is 1. The Hall–Kier alpha value is -1.66. The highest BCUT2D eigenvalue weighted by Gasteiger charge is 2.20. The molecule has 0 aliphatic heterocycles. The van der Waals surface area contributed by atoms with E-state index in [-0.39, 0.29) is 6.10 Å². The van der Waals surface area contributed by atoms with E-state index < -0.39 is 0 Å². The maximum absolute atomic E-state index is 9.56. The molecule has 2 aromatic heterocycles. The van der Waals surface area contributed by atoms with Crippen LogP contribution in [0.5, 0.6) is 0 Å². The molecule has 0 unspecified atom stereocenters. The molecule has 1 saturated carbocycles. The molecule has 0 atom stereocenters. The molecule has 0 spiro atoms. The van der Waals surface area contributed by atoms with Crippen molar-refractivity contribution >= 4 is 22.4 Å². The Bertz CT molecular complexity index is 579. The molecule has 4 N–H and O–H groups in total. The van der Waals surface area contributed by atoms with Crippen molar-refractivity contribution in [1.82, 2.24) is 9.36 Å². The van der Waals surface area contributed by atoms with E-state index >= 15 is 0 Å². The molecular weight excluding hydrogens is 284 g/mol. The molecule has 1 aliphatic rings. The molecule has 0 amide bonds. The summed E-state index contributed by atoms with van der Waals surface area (Å²) in [6.45, 7) is 0.904. The zero-order chi connectivity index (χ0) is 14.7. The van der Waals surface area contributed by atoms with Crippen molar-refractivity contribution in [3.8, 4) is 11.1 Å². The van der Waals surface area contributed by atoms with Crippen molar-refractivity contribution in [2.24, 2.45) is 5.92 Å². The molecule has 5 nitrogen and oxygen atoms in total. The number of aliphatic hydroxyl groups is 1. The van der Waals surface area contributed by atoms with E-state index in [0.29, 0.717) is 11.7 Å². The van der Waals surface area contributed by atoms with E-state index in [0.717, 1.165) is 48.4 Å². The van der Waals surface area contributed by atoms with Crippen LogP contribution in [0.2, 0.25) is 0 Å². The first-order valence-corrected chi connectivity index (χ1v) is 8.09. The molecule has 3 rings (SSSR count). The molecule has 0 aromatic carbocycles. The van der Waals surface area contributed by atoms with Crippen LogP contribution in [0.25, 0.3) is 11.1 Å². The van der Waals surface area contributed by atoms with Gasteiger partial charge in [0.25, 0.3) is 0 Å². The average Bonchev–Trinajstić information content (AvgIpc) is 2.88. The summed E-state index contributed by atoms with van der Waals surface area (Å²) >= 11 is 1.40. The maximum atomic E-state index is 9.56. The Morgan fingerprint density at radius 3 is 2.86 bits per heavy atom. The second-order valence-corrected chi connectivity index (χ2v) is 6.34. The number of anilines is 2. The van der Waals surface area contributed by atoms with Gasteiger partial charge >= 0.3 is 0 Å². The van der Waals surface area contributed by atoms with Crippen molar-refractivity contribution in [3.05, 3.63) is 24.5 Å².